The highest BCUT2D eigenvalue weighted by atomic mass is 16.6. The van der Waals surface area contributed by atoms with Crippen LogP contribution >= 0.6 is 0 Å². The molecule has 18 heavy (non-hydrogen) atoms. The van der Waals surface area contributed by atoms with Gasteiger partial charge >= 0.3 is 5.82 Å². The molecule has 7 heteroatoms. The molecule has 0 saturated heterocycles. The Labute approximate surface area is 105 Å². The van der Waals surface area contributed by atoms with Gasteiger partial charge in [-0.3, -0.25) is 4.57 Å². The van der Waals surface area contributed by atoms with Gasteiger partial charge in [-0.25, -0.2) is 0 Å². The monoisotopic (exact) mass is 254 g/mol. The maximum absolute atomic E-state index is 10.9. The lowest BCUT2D eigenvalue weighted by atomic mass is 10.0. The first-order valence-corrected chi connectivity index (χ1v) is 6.02. The number of likely N-dealkylation sites (N-methyl/N-ethyl adjacent to an activating group) is 1. The summed E-state index contributed by atoms with van der Waals surface area (Å²) in [5, 5.41) is 21.2. The van der Waals surface area contributed by atoms with Crippen LogP contribution in [0.15, 0.2) is 6.33 Å². The molecule has 0 bridgehead atoms. The van der Waals surface area contributed by atoms with Crippen LogP contribution in [-0.4, -0.2) is 38.8 Å². The summed E-state index contributed by atoms with van der Waals surface area (Å²) in [7, 11) is 3.46. The zero-order valence-corrected chi connectivity index (χ0v) is 10.7. The Morgan fingerprint density at radius 2 is 2.22 bits per heavy atom. The van der Waals surface area contributed by atoms with Crippen LogP contribution in [0.5, 0.6) is 0 Å². The van der Waals surface area contributed by atoms with Crippen LogP contribution in [0.1, 0.15) is 25.7 Å². The molecule has 1 aliphatic rings. The van der Waals surface area contributed by atoms with Gasteiger partial charge in [0.25, 0.3) is 0 Å². The van der Waals surface area contributed by atoms with Crippen LogP contribution in [0, 0.1) is 10.1 Å². The van der Waals surface area contributed by atoms with Crippen LogP contribution in [0.3, 0.4) is 0 Å². The smallest absolute Gasteiger partial charge is 0.388 e. The predicted octanol–water partition coefficient (Wildman–Crippen LogP) is 1.07. The number of aromatic nitrogens is 2. The first-order chi connectivity index (χ1) is 8.43. The molecule has 1 saturated carbocycles. The second-order valence-electron chi connectivity index (χ2n) is 5.05. The van der Waals surface area contributed by atoms with Crippen molar-refractivity contribution in [1.29, 1.82) is 0 Å². The number of anilines is 1. The van der Waals surface area contributed by atoms with Crippen molar-refractivity contribution < 1.29 is 10.0 Å². The summed E-state index contributed by atoms with van der Waals surface area (Å²) in [5.74, 6) is 0.266. The molecule has 2 rings (SSSR count). The molecule has 0 unspecified atom stereocenters. The van der Waals surface area contributed by atoms with Gasteiger partial charge in [0.2, 0.25) is 12.1 Å². The molecule has 1 aromatic heterocycles. The van der Waals surface area contributed by atoms with Crippen LogP contribution in [0.4, 0.5) is 11.6 Å². The van der Waals surface area contributed by atoms with Gasteiger partial charge in [0.05, 0.1) is 5.60 Å². The Morgan fingerprint density at radius 1 is 1.61 bits per heavy atom. The van der Waals surface area contributed by atoms with Crippen LogP contribution in [0.25, 0.3) is 0 Å². The Balaban J connectivity index is 2.20. The second-order valence-corrected chi connectivity index (χ2v) is 5.05. The summed E-state index contributed by atoms with van der Waals surface area (Å²) < 4.78 is 1.61. The van der Waals surface area contributed by atoms with Crippen molar-refractivity contribution in [1.82, 2.24) is 9.55 Å². The lowest BCUT2D eigenvalue weighted by molar-refractivity contribution is -0.388. The van der Waals surface area contributed by atoms with Crippen molar-refractivity contribution in [3.8, 4) is 0 Å². The van der Waals surface area contributed by atoms with Gasteiger partial charge < -0.3 is 20.1 Å². The maximum atomic E-state index is 10.9. The summed E-state index contributed by atoms with van der Waals surface area (Å²) in [6.45, 7) is 0.396. The minimum Gasteiger partial charge on any atom is -0.388 e. The molecule has 0 radical (unpaired) electrons. The van der Waals surface area contributed by atoms with Crippen molar-refractivity contribution in [3.05, 3.63) is 16.4 Å². The van der Waals surface area contributed by atoms with Gasteiger partial charge in [0.15, 0.2) is 0 Å². The highest BCUT2D eigenvalue weighted by Crippen LogP contribution is 2.33. The minimum atomic E-state index is -0.729. The molecule has 0 aromatic carbocycles. The van der Waals surface area contributed by atoms with E-state index < -0.39 is 10.5 Å². The largest absolute Gasteiger partial charge is 0.406 e. The molecule has 1 aromatic rings. The van der Waals surface area contributed by atoms with Gasteiger partial charge in [0.1, 0.15) is 0 Å². The summed E-state index contributed by atoms with van der Waals surface area (Å²) in [6, 6.07) is 0. The zero-order chi connectivity index (χ0) is 13.3. The topological polar surface area (TPSA) is 84.4 Å². The van der Waals surface area contributed by atoms with E-state index in [0.717, 1.165) is 25.7 Å². The lowest BCUT2D eigenvalue weighted by Crippen LogP contribution is -2.40. The van der Waals surface area contributed by atoms with Crippen molar-refractivity contribution in [2.75, 3.05) is 18.5 Å². The summed E-state index contributed by atoms with van der Waals surface area (Å²) in [5.41, 5.74) is -0.729. The van der Waals surface area contributed by atoms with Gasteiger partial charge in [-0.05, 0) is 22.7 Å². The second kappa shape index (κ2) is 4.56. The molecule has 1 aliphatic carbocycles. The molecule has 1 fully saturated rings. The lowest BCUT2D eigenvalue weighted by Gasteiger charge is -2.29. The van der Waals surface area contributed by atoms with E-state index in [0.29, 0.717) is 12.4 Å². The van der Waals surface area contributed by atoms with Gasteiger partial charge in [-0.2, -0.15) is 0 Å². The van der Waals surface area contributed by atoms with Crippen molar-refractivity contribution in [3.63, 3.8) is 0 Å². The summed E-state index contributed by atoms with van der Waals surface area (Å²) >= 11 is 0. The molecule has 0 atom stereocenters. The predicted molar refractivity (Wildman–Crippen MR) is 66.6 cm³/mol. The first-order valence-electron chi connectivity index (χ1n) is 6.02. The highest BCUT2D eigenvalue weighted by molar-refractivity contribution is 5.54. The zero-order valence-electron chi connectivity index (χ0n) is 10.7. The fraction of sp³-hybridized carbons (Fsp3) is 0.727. The minimum absolute atomic E-state index is 0.165. The standard InChI is InChI=1S/C11H18N4O3/c1-13(7-11(16)5-3-4-6-11)10-9(15(17)18)12-8-14(10)2/h8,16H,3-7H2,1-2H3. The molecule has 0 aliphatic heterocycles. The van der Waals surface area contributed by atoms with Gasteiger partial charge in [0, 0.05) is 20.6 Å². The average Bonchev–Trinajstić information content (AvgIpc) is 2.84. The molecule has 0 amide bonds. The van der Waals surface area contributed by atoms with E-state index in [9.17, 15) is 15.2 Å². The van der Waals surface area contributed by atoms with E-state index in [4.69, 9.17) is 0 Å². The Morgan fingerprint density at radius 3 is 2.78 bits per heavy atom. The highest BCUT2D eigenvalue weighted by Gasteiger charge is 2.34. The van der Waals surface area contributed by atoms with Gasteiger partial charge in [-0.1, -0.05) is 12.8 Å². The number of nitro groups is 1. The number of aryl methyl sites for hydroxylation is 1. The third-order valence-corrected chi connectivity index (χ3v) is 3.49. The van der Waals surface area contributed by atoms with Crippen molar-refractivity contribution >= 4 is 11.6 Å². The normalized spacial score (nSPS) is 17.9. The maximum Gasteiger partial charge on any atom is 0.406 e. The Hall–Kier alpha value is -1.63. The molecule has 7 nitrogen and oxygen atoms in total. The molecular formula is C11H18N4O3. The van der Waals surface area contributed by atoms with E-state index >= 15 is 0 Å². The van der Waals surface area contributed by atoms with Crippen molar-refractivity contribution in [2.24, 2.45) is 7.05 Å². The molecular weight excluding hydrogens is 236 g/mol. The van der Waals surface area contributed by atoms with Gasteiger partial charge in [-0.15, -0.1) is 0 Å². The van der Waals surface area contributed by atoms with E-state index in [1.54, 1.807) is 23.6 Å². The van der Waals surface area contributed by atoms with Crippen molar-refractivity contribution in [2.45, 2.75) is 31.3 Å². The molecule has 100 valence electrons. The van der Waals surface area contributed by atoms with E-state index in [1.807, 2.05) is 0 Å². The van der Waals surface area contributed by atoms with E-state index in [1.165, 1.54) is 6.33 Å². The van der Waals surface area contributed by atoms with Crippen LogP contribution in [-0.2, 0) is 7.05 Å². The van der Waals surface area contributed by atoms with E-state index in [-0.39, 0.29) is 5.82 Å². The average molecular weight is 254 g/mol. The number of rotatable bonds is 4. The summed E-state index contributed by atoms with van der Waals surface area (Å²) in [6.07, 6.45) is 4.95. The molecule has 1 N–H and O–H groups in total. The SMILES string of the molecule is CN(CC1(O)CCCC1)c1c([N+](=O)[O-])ncn1C. The third kappa shape index (κ3) is 2.31. The number of hydrogen-bond donors (Lipinski definition) is 1. The Kier molecular flexibility index (Phi) is 3.25. The fourth-order valence-electron chi connectivity index (χ4n) is 2.69. The fourth-order valence-corrected chi connectivity index (χ4v) is 2.69. The summed E-state index contributed by atoms with van der Waals surface area (Å²) in [4.78, 5) is 15.9. The molecule has 1 heterocycles. The number of hydrogen-bond acceptors (Lipinski definition) is 5. The number of imidazole rings is 1. The number of aliphatic hydroxyl groups is 1. The quantitative estimate of drug-likeness (QED) is 0.641. The molecule has 0 spiro atoms. The number of nitrogens with zero attached hydrogens (tertiary/aromatic N) is 4. The van der Waals surface area contributed by atoms with Crippen LogP contribution in [0.2, 0.25) is 0 Å². The third-order valence-electron chi connectivity index (χ3n) is 3.49. The Bertz CT molecular complexity index is 451. The first kappa shape index (κ1) is 12.8. The van der Waals surface area contributed by atoms with Crippen LogP contribution < -0.4 is 4.90 Å². The van der Waals surface area contributed by atoms with E-state index in [2.05, 4.69) is 4.98 Å².